The Bertz CT molecular complexity index is 234. The molecule has 1 rings (SSSR count). The van der Waals surface area contributed by atoms with E-state index in [2.05, 4.69) is 24.5 Å². The third-order valence-corrected chi connectivity index (χ3v) is 2.37. The molecule has 2 N–H and O–H groups in total. The fourth-order valence-corrected chi connectivity index (χ4v) is 1.50. The highest BCUT2D eigenvalue weighted by atomic mass is 16.3. The lowest BCUT2D eigenvalue weighted by atomic mass is 10.2. The first-order valence-electron chi connectivity index (χ1n) is 5.79. The van der Waals surface area contributed by atoms with Crippen molar-refractivity contribution in [1.82, 2.24) is 10.6 Å². The van der Waals surface area contributed by atoms with Crippen molar-refractivity contribution in [3.63, 3.8) is 0 Å². The zero-order chi connectivity index (χ0) is 10.9. The molecule has 0 saturated heterocycles. The van der Waals surface area contributed by atoms with Crippen molar-refractivity contribution in [2.45, 2.75) is 32.7 Å². The summed E-state index contributed by atoms with van der Waals surface area (Å²) < 4.78 is 5.27. The summed E-state index contributed by atoms with van der Waals surface area (Å²) in [6, 6.07) is 4.51. The first-order chi connectivity index (χ1) is 7.33. The molecule has 3 nitrogen and oxygen atoms in total. The Hall–Kier alpha value is -0.800. The second-order valence-electron chi connectivity index (χ2n) is 3.85. The van der Waals surface area contributed by atoms with Gasteiger partial charge >= 0.3 is 0 Å². The van der Waals surface area contributed by atoms with Crippen LogP contribution in [0.5, 0.6) is 0 Å². The second-order valence-corrected chi connectivity index (χ2v) is 3.85. The van der Waals surface area contributed by atoms with Crippen LogP contribution in [0.15, 0.2) is 22.8 Å². The number of furan rings is 1. The maximum absolute atomic E-state index is 5.27. The highest BCUT2D eigenvalue weighted by molar-refractivity contribution is 4.97. The lowest BCUT2D eigenvalue weighted by molar-refractivity contribution is 0.473. The topological polar surface area (TPSA) is 37.2 Å². The minimum Gasteiger partial charge on any atom is -0.469 e. The van der Waals surface area contributed by atoms with Crippen LogP contribution in [0.1, 0.15) is 26.0 Å². The summed E-state index contributed by atoms with van der Waals surface area (Å²) >= 11 is 0. The smallest absolute Gasteiger partial charge is 0.103 e. The molecule has 0 bridgehead atoms. The van der Waals surface area contributed by atoms with Crippen molar-refractivity contribution in [2.24, 2.45) is 0 Å². The molecule has 0 aliphatic carbocycles. The highest BCUT2D eigenvalue weighted by Gasteiger charge is 2.00. The molecular weight excluding hydrogens is 188 g/mol. The number of rotatable bonds is 8. The standard InChI is InChI=1S/C12H22N2O/c1-3-13-10-11(2)14-8-4-6-12-7-5-9-15-12/h5,7,9,11,13-14H,3-4,6,8,10H2,1-2H3. The summed E-state index contributed by atoms with van der Waals surface area (Å²) in [5.41, 5.74) is 0. The zero-order valence-electron chi connectivity index (χ0n) is 9.75. The number of hydrogen-bond acceptors (Lipinski definition) is 3. The quantitative estimate of drug-likeness (QED) is 0.642. The molecule has 0 amide bonds. The summed E-state index contributed by atoms with van der Waals surface area (Å²) in [4.78, 5) is 0. The minimum atomic E-state index is 0.543. The molecule has 1 unspecified atom stereocenters. The van der Waals surface area contributed by atoms with Gasteiger partial charge in [0.25, 0.3) is 0 Å². The van der Waals surface area contributed by atoms with Crippen LogP contribution < -0.4 is 10.6 Å². The Morgan fingerprint density at radius 1 is 1.47 bits per heavy atom. The van der Waals surface area contributed by atoms with Gasteiger partial charge in [0.2, 0.25) is 0 Å². The molecule has 1 heterocycles. The van der Waals surface area contributed by atoms with E-state index in [9.17, 15) is 0 Å². The van der Waals surface area contributed by atoms with E-state index in [0.717, 1.165) is 38.2 Å². The van der Waals surface area contributed by atoms with E-state index in [0.29, 0.717) is 6.04 Å². The van der Waals surface area contributed by atoms with Crippen LogP contribution in [-0.2, 0) is 6.42 Å². The van der Waals surface area contributed by atoms with E-state index >= 15 is 0 Å². The molecule has 0 saturated carbocycles. The van der Waals surface area contributed by atoms with Gasteiger partial charge in [-0.2, -0.15) is 0 Å². The molecule has 0 fully saturated rings. The van der Waals surface area contributed by atoms with Crippen molar-refractivity contribution in [3.05, 3.63) is 24.2 Å². The minimum absolute atomic E-state index is 0.543. The van der Waals surface area contributed by atoms with Crippen LogP contribution in [0.4, 0.5) is 0 Å². The molecule has 3 heteroatoms. The summed E-state index contributed by atoms with van der Waals surface area (Å²) in [5.74, 6) is 1.08. The number of nitrogens with one attached hydrogen (secondary N) is 2. The van der Waals surface area contributed by atoms with Gasteiger partial charge in [0, 0.05) is 19.0 Å². The zero-order valence-corrected chi connectivity index (χ0v) is 9.75. The molecule has 0 aliphatic heterocycles. The Balaban J connectivity index is 1.97. The van der Waals surface area contributed by atoms with Crippen LogP contribution in [0.25, 0.3) is 0 Å². The third kappa shape index (κ3) is 5.60. The average Bonchev–Trinajstić information content (AvgIpc) is 2.74. The molecule has 0 aromatic carbocycles. The molecule has 0 radical (unpaired) electrons. The van der Waals surface area contributed by atoms with Gasteiger partial charge in [-0.1, -0.05) is 6.92 Å². The summed E-state index contributed by atoms with van der Waals surface area (Å²) in [6.45, 7) is 7.46. The van der Waals surface area contributed by atoms with Crippen LogP contribution in [0.3, 0.4) is 0 Å². The van der Waals surface area contributed by atoms with Gasteiger partial charge in [-0.05, 0) is 38.6 Å². The number of hydrogen-bond donors (Lipinski definition) is 2. The fraction of sp³-hybridized carbons (Fsp3) is 0.667. The van der Waals surface area contributed by atoms with Gasteiger partial charge in [0.05, 0.1) is 6.26 Å². The van der Waals surface area contributed by atoms with Gasteiger partial charge < -0.3 is 15.1 Å². The van der Waals surface area contributed by atoms with E-state index in [4.69, 9.17) is 4.42 Å². The molecule has 86 valence electrons. The number of aryl methyl sites for hydroxylation is 1. The van der Waals surface area contributed by atoms with E-state index in [1.807, 2.05) is 12.1 Å². The first-order valence-corrected chi connectivity index (χ1v) is 5.79. The third-order valence-electron chi connectivity index (χ3n) is 2.37. The fourth-order valence-electron chi connectivity index (χ4n) is 1.50. The molecule has 1 aromatic rings. The van der Waals surface area contributed by atoms with E-state index in [1.165, 1.54) is 0 Å². The summed E-state index contributed by atoms with van der Waals surface area (Å²) in [6.07, 6.45) is 3.88. The van der Waals surface area contributed by atoms with Gasteiger partial charge in [-0.3, -0.25) is 0 Å². The second kappa shape index (κ2) is 7.49. The summed E-state index contributed by atoms with van der Waals surface area (Å²) in [7, 11) is 0. The molecule has 15 heavy (non-hydrogen) atoms. The molecule has 1 atom stereocenters. The normalized spacial score (nSPS) is 12.9. The lowest BCUT2D eigenvalue weighted by Gasteiger charge is -2.13. The molecule has 1 aromatic heterocycles. The Kier molecular flexibility index (Phi) is 6.12. The Morgan fingerprint density at radius 2 is 2.33 bits per heavy atom. The van der Waals surface area contributed by atoms with Crippen molar-refractivity contribution in [1.29, 1.82) is 0 Å². The van der Waals surface area contributed by atoms with Crippen LogP contribution in [0, 0.1) is 0 Å². The predicted octanol–water partition coefficient (Wildman–Crippen LogP) is 1.80. The first kappa shape index (κ1) is 12.3. The highest BCUT2D eigenvalue weighted by Crippen LogP contribution is 2.02. The van der Waals surface area contributed by atoms with Crippen LogP contribution in [0.2, 0.25) is 0 Å². The predicted molar refractivity (Wildman–Crippen MR) is 63.0 cm³/mol. The SMILES string of the molecule is CCNCC(C)NCCCc1ccco1. The average molecular weight is 210 g/mol. The number of likely N-dealkylation sites (N-methyl/N-ethyl adjacent to an activating group) is 1. The van der Waals surface area contributed by atoms with Crippen molar-refractivity contribution >= 4 is 0 Å². The Labute approximate surface area is 92.2 Å². The van der Waals surface area contributed by atoms with E-state index in [1.54, 1.807) is 6.26 Å². The van der Waals surface area contributed by atoms with Gasteiger partial charge in [0.15, 0.2) is 0 Å². The molecule has 0 aliphatic rings. The van der Waals surface area contributed by atoms with E-state index < -0.39 is 0 Å². The van der Waals surface area contributed by atoms with Crippen molar-refractivity contribution < 1.29 is 4.42 Å². The largest absolute Gasteiger partial charge is 0.469 e. The lowest BCUT2D eigenvalue weighted by Crippen LogP contribution is -2.36. The molecular formula is C12H22N2O. The Morgan fingerprint density at radius 3 is 3.00 bits per heavy atom. The maximum atomic E-state index is 5.27. The van der Waals surface area contributed by atoms with Gasteiger partial charge in [-0.25, -0.2) is 0 Å². The van der Waals surface area contributed by atoms with Crippen molar-refractivity contribution in [2.75, 3.05) is 19.6 Å². The van der Waals surface area contributed by atoms with Gasteiger partial charge in [0.1, 0.15) is 5.76 Å². The molecule has 0 spiro atoms. The van der Waals surface area contributed by atoms with Crippen molar-refractivity contribution in [3.8, 4) is 0 Å². The monoisotopic (exact) mass is 210 g/mol. The van der Waals surface area contributed by atoms with E-state index in [-0.39, 0.29) is 0 Å². The van der Waals surface area contributed by atoms with Crippen LogP contribution in [-0.4, -0.2) is 25.7 Å². The van der Waals surface area contributed by atoms with Crippen LogP contribution >= 0.6 is 0 Å². The maximum Gasteiger partial charge on any atom is 0.103 e. The van der Waals surface area contributed by atoms with Gasteiger partial charge in [-0.15, -0.1) is 0 Å². The summed E-state index contributed by atoms with van der Waals surface area (Å²) in [5, 5.41) is 6.80.